The van der Waals surface area contributed by atoms with Crippen molar-refractivity contribution in [3.05, 3.63) is 52.4 Å². The van der Waals surface area contributed by atoms with E-state index in [9.17, 15) is 9.59 Å². The van der Waals surface area contributed by atoms with Crippen LogP contribution in [-0.2, 0) is 6.54 Å². The van der Waals surface area contributed by atoms with Crippen molar-refractivity contribution in [3.8, 4) is 5.75 Å². The molecule has 1 N–H and O–H groups in total. The minimum absolute atomic E-state index is 0.196. The molecule has 0 atom stereocenters. The molecule has 116 valence electrons. The van der Waals surface area contributed by atoms with Crippen LogP contribution in [0.15, 0.2) is 41.2 Å². The summed E-state index contributed by atoms with van der Waals surface area (Å²) in [4.78, 5) is 24.0. The van der Waals surface area contributed by atoms with Gasteiger partial charge in [0.1, 0.15) is 11.4 Å². The smallest absolute Gasteiger partial charge is 0.276 e. The monoisotopic (exact) mass is 301 g/mol. The van der Waals surface area contributed by atoms with Gasteiger partial charge in [0.25, 0.3) is 11.5 Å². The Balaban J connectivity index is 2.20. The summed E-state index contributed by atoms with van der Waals surface area (Å²) in [5.41, 5.74) is 0.548. The van der Waals surface area contributed by atoms with Crippen molar-refractivity contribution in [2.75, 3.05) is 12.4 Å². The number of rotatable bonds is 6. The van der Waals surface area contributed by atoms with E-state index in [4.69, 9.17) is 4.74 Å². The lowest BCUT2D eigenvalue weighted by atomic mass is 10.2. The van der Waals surface area contributed by atoms with Crippen LogP contribution in [-0.4, -0.2) is 22.8 Å². The number of aromatic nitrogens is 2. The summed E-state index contributed by atoms with van der Waals surface area (Å²) in [6.45, 7) is 2.54. The number of methoxy groups -OCH3 is 1. The van der Waals surface area contributed by atoms with Gasteiger partial charge in [-0.3, -0.25) is 9.59 Å². The van der Waals surface area contributed by atoms with Gasteiger partial charge in [-0.1, -0.05) is 25.5 Å². The predicted molar refractivity (Wildman–Crippen MR) is 84.4 cm³/mol. The van der Waals surface area contributed by atoms with Gasteiger partial charge in [0, 0.05) is 12.6 Å². The number of benzene rings is 1. The van der Waals surface area contributed by atoms with E-state index in [0.717, 1.165) is 12.8 Å². The highest BCUT2D eigenvalue weighted by Gasteiger charge is 2.12. The first-order valence-electron chi connectivity index (χ1n) is 7.18. The van der Waals surface area contributed by atoms with E-state index in [1.165, 1.54) is 23.9 Å². The number of nitrogens with zero attached hydrogens (tertiary/aromatic N) is 2. The summed E-state index contributed by atoms with van der Waals surface area (Å²) in [6.07, 6.45) is 1.79. The van der Waals surface area contributed by atoms with Gasteiger partial charge >= 0.3 is 0 Å². The number of anilines is 1. The van der Waals surface area contributed by atoms with Crippen LogP contribution in [0, 0.1) is 0 Å². The van der Waals surface area contributed by atoms with Gasteiger partial charge in [0.05, 0.1) is 12.8 Å². The first-order chi connectivity index (χ1) is 10.7. The quantitative estimate of drug-likeness (QED) is 0.888. The van der Waals surface area contributed by atoms with Gasteiger partial charge < -0.3 is 10.1 Å². The number of carbonyl (C=O) groups is 1. The molecule has 1 aromatic carbocycles. The first kappa shape index (κ1) is 15.8. The molecule has 6 heteroatoms. The second-order valence-corrected chi connectivity index (χ2v) is 4.79. The molecular formula is C16H19N3O3. The van der Waals surface area contributed by atoms with E-state index >= 15 is 0 Å². The number of aryl methyl sites for hydroxylation is 1. The van der Waals surface area contributed by atoms with E-state index in [2.05, 4.69) is 10.4 Å². The standard InChI is InChI=1S/C16H19N3O3/c1-3-4-11-19-15(20)10-9-13(18-19)16(21)17-12-7-5-6-8-14(12)22-2/h5-10H,3-4,11H2,1-2H3,(H,17,21). The molecule has 0 aliphatic carbocycles. The first-order valence-corrected chi connectivity index (χ1v) is 7.18. The Morgan fingerprint density at radius 3 is 2.77 bits per heavy atom. The molecular weight excluding hydrogens is 282 g/mol. The van der Waals surface area contributed by atoms with E-state index in [-0.39, 0.29) is 17.2 Å². The minimum Gasteiger partial charge on any atom is -0.495 e. The Morgan fingerprint density at radius 1 is 1.27 bits per heavy atom. The third kappa shape index (κ3) is 3.72. The van der Waals surface area contributed by atoms with E-state index in [1.54, 1.807) is 18.2 Å². The molecule has 0 bridgehead atoms. The maximum atomic E-state index is 12.3. The van der Waals surface area contributed by atoms with Crippen LogP contribution < -0.4 is 15.6 Å². The average molecular weight is 301 g/mol. The number of para-hydroxylation sites is 2. The fourth-order valence-corrected chi connectivity index (χ4v) is 1.97. The zero-order valence-electron chi connectivity index (χ0n) is 12.7. The Labute approximate surface area is 128 Å². The summed E-state index contributed by atoms with van der Waals surface area (Å²) < 4.78 is 6.51. The number of carbonyl (C=O) groups excluding carboxylic acids is 1. The highest BCUT2D eigenvalue weighted by atomic mass is 16.5. The van der Waals surface area contributed by atoms with Crippen LogP contribution >= 0.6 is 0 Å². The molecule has 0 saturated carbocycles. The summed E-state index contributed by atoms with van der Waals surface area (Å²) in [5.74, 6) is 0.185. The summed E-state index contributed by atoms with van der Waals surface area (Å²) in [5, 5.41) is 6.85. The van der Waals surface area contributed by atoms with Crippen molar-refractivity contribution in [2.45, 2.75) is 26.3 Å². The number of hydrogen-bond donors (Lipinski definition) is 1. The van der Waals surface area contributed by atoms with Crippen LogP contribution in [0.3, 0.4) is 0 Å². The molecule has 2 aromatic rings. The highest BCUT2D eigenvalue weighted by Crippen LogP contribution is 2.23. The zero-order chi connectivity index (χ0) is 15.9. The molecule has 0 aliphatic rings. The number of nitrogens with one attached hydrogen (secondary N) is 1. The van der Waals surface area contributed by atoms with Crippen LogP contribution in [0.1, 0.15) is 30.3 Å². The van der Waals surface area contributed by atoms with E-state index < -0.39 is 0 Å². The predicted octanol–water partition coefficient (Wildman–Crippen LogP) is 2.30. The second kappa shape index (κ2) is 7.40. The molecule has 1 heterocycles. The van der Waals surface area contributed by atoms with Crippen molar-refractivity contribution in [1.82, 2.24) is 9.78 Å². The maximum absolute atomic E-state index is 12.3. The normalized spacial score (nSPS) is 10.3. The van der Waals surface area contributed by atoms with E-state index in [1.807, 2.05) is 13.0 Å². The number of unbranched alkanes of at least 4 members (excludes halogenated alkanes) is 1. The fraction of sp³-hybridized carbons (Fsp3) is 0.312. The molecule has 22 heavy (non-hydrogen) atoms. The molecule has 1 amide bonds. The van der Waals surface area contributed by atoms with Crippen molar-refractivity contribution in [2.24, 2.45) is 0 Å². The Hall–Kier alpha value is -2.63. The molecule has 0 aliphatic heterocycles. The minimum atomic E-state index is -0.380. The third-order valence-corrected chi connectivity index (χ3v) is 3.18. The third-order valence-electron chi connectivity index (χ3n) is 3.18. The number of amides is 1. The summed E-state index contributed by atoms with van der Waals surface area (Å²) >= 11 is 0. The van der Waals surface area contributed by atoms with Crippen LogP contribution in [0.5, 0.6) is 5.75 Å². The largest absolute Gasteiger partial charge is 0.495 e. The molecule has 6 nitrogen and oxygen atoms in total. The molecule has 0 fully saturated rings. The van der Waals surface area contributed by atoms with Gasteiger partial charge in [-0.05, 0) is 24.6 Å². The van der Waals surface area contributed by atoms with E-state index in [0.29, 0.717) is 18.0 Å². The lowest BCUT2D eigenvalue weighted by Crippen LogP contribution is -2.26. The van der Waals surface area contributed by atoms with Gasteiger partial charge in [0.2, 0.25) is 0 Å². The van der Waals surface area contributed by atoms with Crippen LogP contribution in [0.2, 0.25) is 0 Å². The zero-order valence-corrected chi connectivity index (χ0v) is 12.7. The van der Waals surface area contributed by atoms with Crippen molar-refractivity contribution < 1.29 is 9.53 Å². The van der Waals surface area contributed by atoms with Crippen molar-refractivity contribution in [1.29, 1.82) is 0 Å². The van der Waals surface area contributed by atoms with Gasteiger partial charge in [-0.25, -0.2) is 4.68 Å². The number of hydrogen-bond acceptors (Lipinski definition) is 4. The topological polar surface area (TPSA) is 73.2 Å². The van der Waals surface area contributed by atoms with Gasteiger partial charge in [-0.15, -0.1) is 0 Å². The van der Waals surface area contributed by atoms with Crippen molar-refractivity contribution >= 4 is 11.6 Å². The van der Waals surface area contributed by atoms with Crippen LogP contribution in [0.4, 0.5) is 5.69 Å². The second-order valence-electron chi connectivity index (χ2n) is 4.79. The molecule has 0 unspecified atom stereocenters. The SMILES string of the molecule is CCCCn1nc(C(=O)Nc2ccccc2OC)ccc1=O. The highest BCUT2D eigenvalue weighted by molar-refractivity contribution is 6.03. The molecule has 0 saturated heterocycles. The Morgan fingerprint density at radius 2 is 2.05 bits per heavy atom. The summed E-state index contributed by atoms with van der Waals surface area (Å²) in [7, 11) is 1.54. The summed E-state index contributed by atoms with van der Waals surface area (Å²) in [6, 6.07) is 9.90. The number of ether oxygens (including phenoxy) is 1. The fourth-order valence-electron chi connectivity index (χ4n) is 1.97. The molecule has 2 rings (SSSR count). The average Bonchev–Trinajstić information content (AvgIpc) is 2.54. The Kier molecular flexibility index (Phi) is 5.30. The molecule has 0 spiro atoms. The maximum Gasteiger partial charge on any atom is 0.276 e. The van der Waals surface area contributed by atoms with Gasteiger partial charge in [0.15, 0.2) is 0 Å². The van der Waals surface area contributed by atoms with Gasteiger partial charge in [-0.2, -0.15) is 5.10 Å². The lowest BCUT2D eigenvalue weighted by molar-refractivity contribution is 0.101. The van der Waals surface area contributed by atoms with Crippen LogP contribution in [0.25, 0.3) is 0 Å². The lowest BCUT2D eigenvalue weighted by Gasteiger charge is -2.10. The molecule has 0 radical (unpaired) electrons. The Bertz CT molecular complexity index is 710. The molecule has 1 aromatic heterocycles. The van der Waals surface area contributed by atoms with Crippen molar-refractivity contribution in [3.63, 3.8) is 0 Å².